The van der Waals surface area contributed by atoms with Crippen molar-refractivity contribution in [3.63, 3.8) is 0 Å². The summed E-state index contributed by atoms with van der Waals surface area (Å²) in [5.74, 6) is 0.404. The highest BCUT2D eigenvalue weighted by Gasteiger charge is 2.21. The van der Waals surface area contributed by atoms with Gasteiger partial charge in [0.15, 0.2) is 12.7 Å². The molecular weight excluding hydrogens is 332 g/mol. The molecule has 0 heterocycles. The van der Waals surface area contributed by atoms with Crippen LogP contribution in [0.1, 0.15) is 34.0 Å². The number of esters is 1. The van der Waals surface area contributed by atoms with Crippen molar-refractivity contribution in [3.05, 3.63) is 58.7 Å². The fraction of sp³-hybridized carbons (Fsp3) is 0.333. The highest BCUT2D eigenvalue weighted by molar-refractivity contribution is 6.01. The summed E-state index contributed by atoms with van der Waals surface area (Å²) < 4.78 is 15.6. The molecule has 0 N–H and O–H groups in total. The Morgan fingerprint density at radius 3 is 2.12 bits per heavy atom. The lowest BCUT2D eigenvalue weighted by Crippen LogP contribution is -2.27. The number of aryl methyl sites for hydroxylation is 3. The standard InChI is InChI=1S/C21H24O5/c1-13-10-15(3)19(11-14(13)2)21(23)16(4)26-20(22)12-25-18-8-6-17(24-5)7-9-18/h6-11,16H,12H2,1-5H3/t16-/m1/s1. The molecule has 0 saturated heterocycles. The molecule has 0 bridgehead atoms. The number of methoxy groups -OCH3 is 1. The average Bonchev–Trinajstić information content (AvgIpc) is 2.62. The number of Topliss-reactive ketones (excluding diaryl/α,β-unsaturated/α-hetero) is 1. The predicted molar refractivity (Wildman–Crippen MR) is 99.0 cm³/mol. The molecule has 0 aromatic heterocycles. The van der Waals surface area contributed by atoms with Gasteiger partial charge in [-0.25, -0.2) is 4.79 Å². The van der Waals surface area contributed by atoms with Crippen LogP contribution in [0.5, 0.6) is 11.5 Å². The molecule has 0 radical (unpaired) electrons. The van der Waals surface area contributed by atoms with Crippen LogP contribution in [0.25, 0.3) is 0 Å². The lowest BCUT2D eigenvalue weighted by molar-refractivity contribution is -0.148. The van der Waals surface area contributed by atoms with Crippen molar-refractivity contribution in [1.29, 1.82) is 0 Å². The molecule has 1 atom stereocenters. The first-order valence-corrected chi connectivity index (χ1v) is 8.40. The lowest BCUT2D eigenvalue weighted by Gasteiger charge is -2.15. The first-order chi connectivity index (χ1) is 12.3. The van der Waals surface area contributed by atoms with E-state index in [4.69, 9.17) is 14.2 Å². The van der Waals surface area contributed by atoms with Crippen molar-refractivity contribution >= 4 is 11.8 Å². The van der Waals surface area contributed by atoms with E-state index in [1.54, 1.807) is 38.3 Å². The number of rotatable bonds is 7. The van der Waals surface area contributed by atoms with Crippen LogP contribution in [0.2, 0.25) is 0 Å². The Labute approximate surface area is 153 Å². The van der Waals surface area contributed by atoms with Gasteiger partial charge in [-0.1, -0.05) is 6.07 Å². The summed E-state index contributed by atoms with van der Waals surface area (Å²) in [6.07, 6.45) is -0.872. The molecule has 0 aliphatic carbocycles. The van der Waals surface area contributed by atoms with Gasteiger partial charge in [0, 0.05) is 5.56 Å². The van der Waals surface area contributed by atoms with Gasteiger partial charge in [-0.15, -0.1) is 0 Å². The van der Waals surface area contributed by atoms with Crippen LogP contribution in [-0.2, 0) is 9.53 Å². The van der Waals surface area contributed by atoms with E-state index in [-0.39, 0.29) is 12.4 Å². The summed E-state index contributed by atoms with van der Waals surface area (Å²) in [6, 6.07) is 10.7. The van der Waals surface area contributed by atoms with Gasteiger partial charge in [-0.05, 0) is 74.7 Å². The molecule has 5 heteroatoms. The van der Waals surface area contributed by atoms with Gasteiger partial charge < -0.3 is 14.2 Å². The van der Waals surface area contributed by atoms with Gasteiger partial charge in [0.1, 0.15) is 11.5 Å². The van der Waals surface area contributed by atoms with Crippen molar-refractivity contribution in [2.24, 2.45) is 0 Å². The SMILES string of the molecule is COc1ccc(OCC(=O)O[C@H](C)C(=O)c2cc(C)c(C)cc2C)cc1. The van der Waals surface area contributed by atoms with Crippen molar-refractivity contribution < 1.29 is 23.8 Å². The molecule has 0 aliphatic rings. The Hall–Kier alpha value is -2.82. The second kappa shape index (κ2) is 8.52. The number of ether oxygens (including phenoxy) is 3. The van der Waals surface area contributed by atoms with E-state index < -0.39 is 12.1 Å². The zero-order valence-electron chi connectivity index (χ0n) is 15.8. The molecule has 138 valence electrons. The van der Waals surface area contributed by atoms with Crippen LogP contribution < -0.4 is 9.47 Å². The topological polar surface area (TPSA) is 61.8 Å². The zero-order valence-corrected chi connectivity index (χ0v) is 15.8. The monoisotopic (exact) mass is 356 g/mol. The summed E-state index contributed by atoms with van der Waals surface area (Å²) >= 11 is 0. The van der Waals surface area contributed by atoms with Crippen LogP contribution >= 0.6 is 0 Å². The van der Waals surface area contributed by atoms with Crippen molar-refractivity contribution in [2.75, 3.05) is 13.7 Å². The summed E-state index contributed by atoms with van der Waals surface area (Å²) in [4.78, 5) is 24.5. The highest BCUT2D eigenvalue weighted by atomic mass is 16.6. The van der Waals surface area contributed by atoms with Crippen LogP contribution in [-0.4, -0.2) is 31.6 Å². The van der Waals surface area contributed by atoms with Crippen molar-refractivity contribution in [3.8, 4) is 11.5 Å². The van der Waals surface area contributed by atoms with Crippen molar-refractivity contribution in [2.45, 2.75) is 33.8 Å². The molecule has 0 amide bonds. The third-order valence-corrected chi connectivity index (χ3v) is 4.20. The number of benzene rings is 2. The van der Waals surface area contributed by atoms with Crippen LogP contribution in [0, 0.1) is 20.8 Å². The van der Waals surface area contributed by atoms with Gasteiger partial charge in [-0.2, -0.15) is 0 Å². The first-order valence-electron chi connectivity index (χ1n) is 8.40. The van der Waals surface area contributed by atoms with Gasteiger partial charge in [-0.3, -0.25) is 4.79 Å². The number of hydrogen-bond donors (Lipinski definition) is 0. The van der Waals surface area contributed by atoms with Gasteiger partial charge >= 0.3 is 5.97 Å². The molecule has 0 unspecified atom stereocenters. The van der Waals surface area contributed by atoms with Crippen LogP contribution in [0.4, 0.5) is 0 Å². The second-order valence-corrected chi connectivity index (χ2v) is 6.21. The van der Waals surface area contributed by atoms with Gasteiger partial charge in [0.25, 0.3) is 0 Å². The Morgan fingerprint density at radius 1 is 0.923 bits per heavy atom. The zero-order chi connectivity index (χ0) is 19.3. The maximum absolute atomic E-state index is 12.6. The highest BCUT2D eigenvalue weighted by Crippen LogP contribution is 2.19. The molecule has 0 fully saturated rings. The van der Waals surface area contributed by atoms with E-state index in [1.807, 2.05) is 32.9 Å². The summed E-state index contributed by atoms with van der Waals surface area (Å²) in [7, 11) is 1.57. The fourth-order valence-electron chi connectivity index (χ4n) is 2.54. The third kappa shape index (κ3) is 4.85. The normalized spacial score (nSPS) is 11.6. The van der Waals surface area contributed by atoms with Crippen LogP contribution in [0.15, 0.2) is 36.4 Å². The largest absolute Gasteiger partial charge is 0.497 e. The quantitative estimate of drug-likeness (QED) is 0.558. The van der Waals surface area contributed by atoms with Gasteiger partial charge in [0.05, 0.1) is 7.11 Å². The number of hydrogen-bond acceptors (Lipinski definition) is 5. The maximum atomic E-state index is 12.6. The lowest BCUT2D eigenvalue weighted by atomic mass is 9.96. The second-order valence-electron chi connectivity index (χ2n) is 6.21. The van der Waals surface area contributed by atoms with Gasteiger partial charge in [0.2, 0.25) is 5.78 Å². The number of carbonyl (C=O) groups is 2. The minimum atomic E-state index is -0.872. The molecule has 2 rings (SSSR count). The maximum Gasteiger partial charge on any atom is 0.344 e. The first kappa shape index (κ1) is 19.5. The minimum Gasteiger partial charge on any atom is -0.497 e. The number of carbonyl (C=O) groups excluding carboxylic acids is 2. The summed E-state index contributed by atoms with van der Waals surface area (Å²) in [5, 5.41) is 0. The molecule has 0 saturated carbocycles. The Bertz CT molecular complexity index is 793. The summed E-state index contributed by atoms with van der Waals surface area (Å²) in [5.41, 5.74) is 3.59. The molecule has 2 aromatic carbocycles. The smallest absolute Gasteiger partial charge is 0.344 e. The van der Waals surface area contributed by atoms with Crippen LogP contribution in [0.3, 0.4) is 0 Å². The van der Waals surface area contributed by atoms with E-state index in [1.165, 1.54) is 0 Å². The van der Waals surface area contributed by atoms with E-state index >= 15 is 0 Å². The molecular formula is C21H24O5. The Kier molecular flexibility index (Phi) is 6.39. The average molecular weight is 356 g/mol. The van der Waals surface area contributed by atoms with E-state index in [2.05, 4.69) is 0 Å². The molecule has 2 aromatic rings. The van der Waals surface area contributed by atoms with E-state index in [9.17, 15) is 9.59 Å². The fourth-order valence-corrected chi connectivity index (χ4v) is 2.54. The third-order valence-electron chi connectivity index (χ3n) is 4.20. The summed E-state index contributed by atoms with van der Waals surface area (Å²) in [6.45, 7) is 7.13. The van der Waals surface area contributed by atoms with E-state index in [0.29, 0.717) is 17.1 Å². The molecule has 0 spiro atoms. The van der Waals surface area contributed by atoms with E-state index in [0.717, 1.165) is 16.7 Å². The minimum absolute atomic E-state index is 0.219. The molecule has 0 aliphatic heterocycles. The Balaban J connectivity index is 1.93. The number of ketones is 1. The van der Waals surface area contributed by atoms with Crippen molar-refractivity contribution in [1.82, 2.24) is 0 Å². The Morgan fingerprint density at radius 2 is 1.50 bits per heavy atom. The molecule has 26 heavy (non-hydrogen) atoms. The molecule has 5 nitrogen and oxygen atoms in total. The predicted octanol–water partition coefficient (Wildman–Crippen LogP) is 3.81.